The van der Waals surface area contributed by atoms with E-state index < -0.39 is 0 Å². The van der Waals surface area contributed by atoms with Gasteiger partial charge in [-0.1, -0.05) is 42.5 Å². The number of imide groups is 1. The second kappa shape index (κ2) is 6.08. The van der Waals surface area contributed by atoms with E-state index in [9.17, 15) is 9.59 Å². The van der Waals surface area contributed by atoms with E-state index >= 15 is 0 Å². The van der Waals surface area contributed by atoms with Gasteiger partial charge in [-0.25, -0.2) is 0 Å². The summed E-state index contributed by atoms with van der Waals surface area (Å²) in [6.07, 6.45) is 5.10. The number of carbonyl (C=O) groups excluding carboxylic acids is 2. The Kier molecular flexibility index (Phi) is 3.67. The van der Waals surface area contributed by atoms with E-state index in [1.165, 1.54) is 4.90 Å². The number of benzene rings is 2. The zero-order valence-corrected chi connectivity index (χ0v) is 15.1. The van der Waals surface area contributed by atoms with Crippen molar-refractivity contribution in [1.29, 1.82) is 0 Å². The number of ether oxygens (including phenoxy) is 1. The number of fused-ring (bicyclic) bond motifs is 5. The molecule has 2 aliphatic carbocycles. The summed E-state index contributed by atoms with van der Waals surface area (Å²) in [5.41, 5.74) is 1.74. The highest BCUT2D eigenvalue weighted by atomic mass is 16.5. The second-order valence-electron chi connectivity index (χ2n) is 7.68. The predicted octanol–water partition coefficient (Wildman–Crippen LogP) is 4.14. The molecule has 136 valence electrons. The first-order valence-corrected chi connectivity index (χ1v) is 9.51. The van der Waals surface area contributed by atoms with Gasteiger partial charge in [0.15, 0.2) is 0 Å². The third kappa shape index (κ3) is 2.51. The second-order valence-corrected chi connectivity index (χ2v) is 7.68. The molecule has 2 aromatic rings. The Balaban J connectivity index is 1.34. The van der Waals surface area contributed by atoms with Crippen LogP contribution in [0.25, 0.3) is 0 Å². The van der Waals surface area contributed by atoms with Gasteiger partial charge in [-0.2, -0.15) is 0 Å². The van der Waals surface area contributed by atoms with Gasteiger partial charge < -0.3 is 4.74 Å². The van der Waals surface area contributed by atoms with E-state index in [-0.39, 0.29) is 41.6 Å². The lowest BCUT2D eigenvalue weighted by Crippen LogP contribution is -2.32. The van der Waals surface area contributed by atoms with E-state index in [4.69, 9.17) is 4.74 Å². The van der Waals surface area contributed by atoms with Crippen molar-refractivity contribution in [1.82, 2.24) is 0 Å². The summed E-state index contributed by atoms with van der Waals surface area (Å²) in [4.78, 5) is 27.1. The molecule has 2 aromatic carbocycles. The summed E-state index contributed by atoms with van der Waals surface area (Å²) >= 11 is 0. The molecule has 3 aliphatic rings. The number of hydrogen-bond acceptors (Lipinski definition) is 3. The number of anilines is 1. The number of amides is 2. The van der Waals surface area contributed by atoms with Crippen LogP contribution in [-0.2, 0) is 9.59 Å². The molecule has 5 atom stereocenters. The average molecular weight is 359 g/mol. The van der Waals surface area contributed by atoms with Crippen molar-refractivity contribution in [2.75, 3.05) is 4.90 Å². The van der Waals surface area contributed by atoms with E-state index in [0.29, 0.717) is 5.69 Å². The molecule has 0 spiro atoms. The van der Waals surface area contributed by atoms with Crippen molar-refractivity contribution in [2.24, 2.45) is 23.7 Å². The van der Waals surface area contributed by atoms with E-state index in [0.717, 1.165) is 17.7 Å². The average Bonchev–Trinajstić information content (AvgIpc) is 3.37. The van der Waals surface area contributed by atoms with Crippen molar-refractivity contribution in [2.45, 2.75) is 19.4 Å². The van der Waals surface area contributed by atoms with Crippen molar-refractivity contribution < 1.29 is 14.3 Å². The van der Waals surface area contributed by atoms with Gasteiger partial charge in [0.05, 0.1) is 17.5 Å². The predicted molar refractivity (Wildman–Crippen MR) is 102 cm³/mol. The molecule has 0 N–H and O–H groups in total. The molecule has 2 amide bonds. The number of allylic oxidation sites excluding steroid dienone is 2. The summed E-state index contributed by atoms with van der Waals surface area (Å²) in [6, 6.07) is 17.3. The lowest BCUT2D eigenvalue weighted by atomic mass is 9.85. The molecule has 4 nitrogen and oxygen atoms in total. The van der Waals surface area contributed by atoms with Crippen LogP contribution in [0.1, 0.15) is 25.0 Å². The first kappa shape index (κ1) is 16.3. The third-order valence-electron chi connectivity index (χ3n) is 6.15. The van der Waals surface area contributed by atoms with Crippen LogP contribution >= 0.6 is 0 Å². The van der Waals surface area contributed by atoms with Crippen LogP contribution in [0, 0.1) is 23.7 Å². The number of hydrogen-bond donors (Lipinski definition) is 0. The summed E-state index contributed by atoms with van der Waals surface area (Å²) in [5.74, 6) is 0.757. The number of nitrogens with zero attached hydrogens (tertiary/aromatic N) is 1. The number of carbonyl (C=O) groups is 2. The molecule has 0 aromatic heterocycles. The molecular weight excluding hydrogens is 338 g/mol. The van der Waals surface area contributed by atoms with E-state index in [2.05, 4.69) is 12.2 Å². The Labute approximate surface area is 158 Å². The first-order chi connectivity index (χ1) is 13.1. The van der Waals surface area contributed by atoms with Gasteiger partial charge in [-0.15, -0.1) is 0 Å². The maximum Gasteiger partial charge on any atom is 0.238 e. The maximum absolute atomic E-state index is 12.9. The monoisotopic (exact) mass is 359 g/mol. The van der Waals surface area contributed by atoms with Crippen LogP contribution in [0.4, 0.5) is 5.69 Å². The molecule has 5 rings (SSSR count). The highest BCUT2D eigenvalue weighted by molar-refractivity contribution is 6.22. The molecule has 1 saturated heterocycles. The van der Waals surface area contributed by atoms with Gasteiger partial charge in [0, 0.05) is 0 Å². The third-order valence-corrected chi connectivity index (χ3v) is 6.15. The molecule has 1 aliphatic heterocycles. The van der Waals surface area contributed by atoms with Crippen molar-refractivity contribution >= 4 is 17.5 Å². The standard InChI is InChI=1S/C23H21NO3/c1-14(15-5-3-2-4-6-15)27-19-11-9-18(10-12-19)24-22(25)20-16-7-8-17(13-16)21(20)23(24)26/h2-12,14,16-17,20-21H,13H2,1H3/t14-,16-,17-,20-,21-/m0/s1. The first-order valence-electron chi connectivity index (χ1n) is 9.51. The maximum atomic E-state index is 12.9. The fourth-order valence-corrected chi connectivity index (χ4v) is 4.83. The Bertz CT molecular complexity index is 888. The molecule has 1 heterocycles. The smallest absolute Gasteiger partial charge is 0.238 e. The Morgan fingerprint density at radius 3 is 2.07 bits per heavy atom. The van der Waals surface area contributed by atoms with E-state index in [1.807, 2.05) is 49.4 Å². The highest BCUT2D eigenvalue weighted by Crippen LogP contribution is 2.53. The molecule has 4 heteroatoms. The fourth-order valence-electron chi connectivity index (χ4n) is 4.83. The molecule has 27 heavy (non-hydrogen) atoms. The van der Waals surface area contributed by atoms with Gasteiger partial charge in [-0.05, 0) is 55.0 Å². The lowest BCUT2D eigenvalue weighted by Gasteiger charge is -2.19. The Hall–Kier alpha value is -2.88. The van der Waals surface area contributed by atoms with E-state index in [1.54, 1.807) is 12.1 Å². The van der Waals surface area contributed by atoms with Crippen molar-refractivity contribution in [3.63, 3.8) is 0 Å². The van der Waals surface area contributed by atoms with Crippen LogP contribution in [0.3, 0.4) is 0 Å². The zero-order valence-electron chi connectivity index (χ0n) is 15.1. The minimum Gasteiger partial charge on any atom is -0.486 e. The Morgan fingerprint density at radius 2 is 1.48 bits per heavy atom. The van der Waals surface area contributed by atoms with Gasteiger partial charge in [0.2, 0.25) is 11.8 Å². The van der Waals surface area contributed by atoms with Crippen LogP contribution in [-0.4, -0.2) is 11.8 Å². The van der Waals surface area contributed by atoms with Crippen LogP contribution in [0.2, 0.25) is 0 Å². The van der Waals surface area contributed by atoms with Gasteiger partial charge in [0.25, 0.3) is 0 Å². The summed E-state index contributed by atoms with van der Waals surface area (Å²) in [6.45, 7) is 2.00. The van der Waals surface area contributed by atoms with Gasteiger partial charge in [0.1, 0.15) is 11.9 Å². The van der Waals surface area contributed by atoms with Gasteiger partial charge >= 0.3 is 0 Å². The topological polar surface area (TPSA) is 46.6 Å². The summed E-state index contributed by atoms with van der Waals surface area (Å²) < 4.78 is 5.99. The molecule has 2 bridgehead atoms. The summed E-state index contributed by atoms with van der Waals surface area (Å²) in [5, 5.41) is 0. The fraction of sp³-hybridized carbons (Fsp3) is 0.304. The minimum atomic E-state index is -0.165. The van der Waals surface area contributed by atoms with Crippen molar-refractivity contribution in [3.8, 4) is 5.75 Å². The SMILES string of the molecule is C[C@H](Oc1ccc(N2C(=O)[C@@H]3[C@@H](C2=O)[C@H]2C=C[C@H]3C2)cc1)c1ccccc1. The van der Waals surface area contributed by atoms with Crippen molar-refractivity contribution in [3.05, 3.63) is 72.3 Å². The molecule has 2 fully saturated rings. The molecule has 0 unspecified atom stereocenters. The summed E-state index contributed by atoms with van der Waals surface area (Å²) in [7, 11) is 0. The highest BCUT2D eigenvalue weighted by Gasteiger charge is 2.59. The molecule has 1 saturated carbocycles. The Morgan fingerprint density at radius 1 is 0.889 bits per heavy atom. The lowest BCUT2D eigenvalue weighted by molar-refractivity contribution is -0.123. The van der Waals surface area contributed by atoms with Gasteiger partial charge in [-0.3, -0.25) is 14.5 Å². The molecule has 0 radical (unpaired) electrons. The quantitative estimate of drug-likeness (QED) is 0.609. The van der Waals surface area contributed by atoms with Crippen LogP contribution in [0.15, 0.2) is 66.7 Å². The number of rotatable bonds is 4. The van der Waals surface area contributed by atoms with Crippen LogP contribution in [0.5, 0.6) is 5.75 Å². The largest absolute Gasteiger partial charge is 0.486 e. The zero-order chi connectivity index (χ0) is 18.5. The minimum absolute atomic E-state index is 0.0480. The van der Waals surface area contributed by atoms with Crippen LogP contribution < -0.4 is 9.64 Å². The molecular formula is C23H21NO3. The normalized spacial score (nSPS) is 29.3.